The number of nitrogens with one attached hydrogen (secondary N) is 1. The van der Waals surface area contributed by atoms with Crippen molar-refractivity contribution in [3.63, 3.8) is 0 Å². The molecule has 1 aromatic heterocycles. The second-order valence-corrected chi connectivity index (χ2v) is 10.0. The number of rotatable bonds is 5. The lowest BCUT2D eigenvalue weighted by molar-refractivity contribution is -0.120. The third kappa shape index (κ3) is 4.97. The van der Waals surface area contributed by atoms with Gasteiger partial charge in [0.05, 0.1) is 6.04 Å². The van der Waals surface area contributed by atoms with E-state index < -0.39 is 16.1 Å². The summed E-state index contributed by atoms with van der Waals surface area (Å²) in [7, 11) is -3.71. The summed E-state index contributed by atoms with van der Waals surface area (Å²) >= 11 is 12.0. The number of hydrogen-bond acceptors (Lipinski definition) is 6. The fourth-order valence-electron chi connectivity index (χ4n) is 3.55. The van der Waals surface area contributed by atoms with Crippen molar-refractivity contribution in [1.29, 1.82) is 0 Å². The van der Waals surface area contributed by atoms with Gasteiger partial charge in [-0.3, -0.25) is 9.69 Å². The Labute approximate surface area is 186 Å². The van der Waals surface area contributed by atoms with Crippen molar-refractivity contribution in [3.8, 4) is 0 Å². The summed E-state index contributed by atoms with van der Waals surface area (Å²) in [5.74, 6) is 0.0666. The van der Waals surface area contributed by atoms with E-state index in [1.54, 1.807) is 39.0 Å². The molecule has 1 atom stereocenters. The number of hydrogen-bond donors (Lipinski definition) is 1. The number of sulfonamides is 1. The first-order valence-electron chi connectivity index (χ1n) is 9.53. The zero-order valence-electron chi connectivity index (χ0n) is 17.0. The second-order valence-electron chi connectivity index (χ2n) is 7.27. The zero-order valence-corrected chi connectivity index (χ0v) is 19.3. The summed E-state index contributed by atoms with van der Waals surface area (Å²) in [4.78, 5) is 14.8. The van der Waals surface area contributed by atoms with Crippen LogP contribution >= 0.6 is 23.2 Å². The van der Waals surface area contributed by atoms with Crippen molar-refractivity contribution in [2.75, 3.05) is 31.5 Å². The van der Waals surface area contributed by atoms with E-state index in [1.807, 2.05) is 4.90 Å². The summed E-state index contributed by atoms with van der Waals surface area (Å²) in [6, 6.07) is 4.38. The Bertz CT molecular complexity index is 1000. The van der Waals surface area contributed by atoms with E-state index in [4.69, 9.17) is 27.7 Å². The maximum Gasteiger partial charge on any atom is 0.248 e. The van der Waals surface area contributed by atoms with Crippen LogP contribution in [0.5, 0.6) is 0 Å². The van der Waals surface area contributed by atoms with E-state index in [1.165, 1.54) is 4.31 Å². The number of carbonyl (C=O) groups excluding carboxylic acids is 1. The van der Waals surface area contributed by atoms with Gasteiger partial charge in [0.2, 0.25) is 15.9 Å². The molecule has 1 amide bonds. The van der Waals surface area contributed by atoms with Gasteiger partial charge in [-0.25, -0.2) is 8.42 Å². The van der Waals surface area contributed by atoms with E-state index in [2.05, 4.69) is 10.5 Å². The van der Waals surface area contributed by atoms with E-state index in [-0.39, 0.29) is 23.1 Å². The maximum absolute atomic E-state index is 13.1. The molecule has 2 aromatic rings. The molecular formula is C19H24Cl2N4O4S. The first-order chi connectivity index (χ1) is 14.1. The Kier molecular flexibility index (Phi) is 7.09. The predicted molar refractivity (Wildman–Crippen MR) is 115 cm³/mol. The molecule has 0 aliphatic carbocycles. The van der Waals surface area contributed by atoms with Gasteiger partial charge in [-0.2, -0.15) is 4.31 Å². The molecule has 30 heavy (non-hydrogen) atoms. The Morgan fingerprint density at radius 3 is 2.40 bits per heavy atom. The lowest BCUT2D eigenvalue weighted by atomic mass is 10.2. The smallest absolute Gasteiger partial charge is 0.248 e. The zero-order chi connectivity index (χ0) is 22.1. The molecule has 0 spiro atoms. The number of nitrogens with zero attached hydrogens (tertiary/aromatic N) is 3. The predicted octanol–water partition coefficient (Wildman–Crippen LogP) is 3.32. The van der Waals surface area contributed by atoms with Gasteiger partial charge >= 0.3 is 0 Å². The number of amides is 1. The fraction of sp³-hybridized carbons (Fsp3) is 0.474. The minimum Gasteiger partial charge on any atom is -0.360 e. The molecule has 8 nitrogen and oxygen atoms in total. The molecule has 1 saturated heterocycles. The summed E-state index contributed by atoms with van der Waals surface area (Å²) in [5, 5.41) is 7.44. The molecule has 0 saturated carbocycles. The largest absolute Gasteiger partial charge is 0.360 e. The van der Waals surface area contributed by atoms with Gasteiger partial charge < -0.3 is 9.84 Å². The molecule has 0 bridgehead atoms. The molecule has 0 radical (unpaired) electrons. The van der Waals surface area contributed by atoms with Crippen molar-refractivity contribution < 1.29 is 17.7 Å². The lowest BCUT2D eigenvalue weighted by Crippen LogP contribution is -2.44. The van der Waals surface area contributed by atoms with E-state index in [0.29, 0.717) is 47.5 Å². The van der Waals surface area contributed by atoms with Crippen molar-refractivity contribution in [2.45, 2.75) is 38.1 Å². The van der Waals surface area contributed by atoms with Gasteiger partial charge in [-0.05, 0) is 45.4 Å². The van der Waals surface area contributed by atoms with Crippen molar-refractivity contribution in [3.05, 3.63) is 39.7 Å². The molecule has 1 unspecified atom stereocenters. The minimum absolute atomic E-state index is 0.125. The van der Waals surface area contributed by atoms with Crippen molar-refractivity contribution in [1.82, 2.24) is 14.4 Å². The van der Waals surface area contributed by atoms with Crippen LogP contribution in [0, 0.1) is 13.8 Å². The van der Waals surface area contributed by atoms with Gasteiger partial charge in [-0.15, -0.1) is 0 Å². The van der Waals surface area contributed by atoms with Gasteiger partial charge in [0.15, 0.2) is 5.76 Å². The highest BCUT2D eigenvalue weighted by Crippen LogP contribution is 2.25. The number of anilines is 1. The Morgan fingerprint density at radius 1 is 1.13 bits per heavy atom. The topological polar surface area (TPSA) is 95.8 Å². The molecule has 1 aliphatic rings. The first-order valence-corrected chi connectivity index (χ1v) is 11.7. The number of aryl methyl sites for hydroxylation is 2. The van der Waals surface area contributed by atoms with Gasteiger partial charge in [-0.1, -0.05) is 28.4 Å². The normalized spacial score (nSPS) is 17.5. The Balaban J connectivity index is 1.67. The molecule has 1 fully saturated rings. The van der Waals surface area contributed by atoms with E-state index in [9.17, 15) is 13.2 Å². The van der Waals surface area contributed by atoms with Crippen LogP contribution in [0.1, 0.15) is 24.8 Å². The average molecular weight is 475 g/mol. The first kappa shape index (κ1) is 23.0. The maximum atomic E-state index is 13.1. The van der Waals surface area contributed by atoms with Crippen LogP contribution in [0.15, 0.2) is 27.6 Å². The molecule has 1 N–H and O–H groups in total. The van der Waals surface area contributed by atoms with Crippen LogP contribution in [-0.2, 0) is 14.8 Å². The summed E-state index contributed by atoms with van der Waals surface area (Å²) in [6.07, 6.45) is 0.600. The van der Waals surface area contributed by atoms with Crippen LogP contribution in [-0.4, -0.2) is 60.9 Å². The lowest BCUT2D eigenvalue weighted by Gasteiger charge is -2.27. The summed E-state index contributed by atoms with van der Waals surface area (Å²) in [5.41, 5.74) is 0.864. The van der Waals surface area contributed by atoms with Gasteiger partial charge in [0, 0.05) is 41.9 Å². The van der Waals surface area contributed by atoms with Crippen LogP contribution in [0.4, 0.5) is 5.69 Å². The molecule has 11 heteroatoms. The van der Waals surface area contributed by atoms with E-state index in [0.717, 1.165) is 0 Å². The van der Waals surface area contributed by atoms with Crippen molar-refractivity contribution >= 4 is 44.8 Å². The summed E-state index contributed by atoms with van der Waals surface area (Å²) < 4.78 is 32.6. The quantitative estimate of drug-likeness (QED) is 0.713. The molecule has 164 valence electrons. The van der Waals surface area contributed by atoms with Crippen molar-refractivity contribution in [2.24, 2.45) is 0 Å². The molecule has 2 heterocycles. The number of aromatic nitrogens is 1. The fourth-order valence-corrected chi connectivity index (χ4v) is 5.84. The number of carbonyl (C=O) groups is 1. The number of benzene rings is 1. The third-order valence-corrected chi connectivity index (χ3v) is 7.69. The number of halogens is 2. The van der Waals surface area contributed by atoms with Gasteiger partial charge in [0.25, 0.3) is 0 Å². The van der Waals surface area contributed by atoms with Crippen LogP contribution in [0.3, 0.4) is 0 Å². The van der Waals surface area contributed by atoms with Crippen LogP contribution < -0.4 is 5.32 Å². The van der Waals surface area contributed by atoms with Crippen LogP contribution in [0.2, 0.25) is 10.0 Å². The second kappa shape index (κ2) is 9.23. The Morgan fingerprint density at radius 2 is 1.80 bits per heavy atom. The highest BCUT2D eigenvalue weighted by atomic mass is 35.5. The SMILES string of the molecule is Cc1noc(C)c1S(=O)(=O)N1CCCN(C(C)C(=O)Nc2cc(Cl)cc(Cl)c2)CC1. The van der Waals surface area contributed by atoms with Gasteiger partial charge in [0.1, 0.15) is 10.6 Å². The summed E-state index contributed by atoms with van der Waals surface area (Å²) in [6.45, 7) is 6.65. The molecule has 1 aromatic carbocycles. The third-order valence-electron chi connectivity index (χ3n) is 5.11. The highest BCUT2D eigenvalue weighted by Gasteiger charge is 2.33. The highest BCUT2D eigenvalue weighted by molar-refractivity contribution is 7.89. The monoisotopic (exact) mass is 474 g/mol. The molecule has 1 aliphatic heterocycles. The molecule has 3 rings (SSSR count). The van der Waals surface area contributed by atoms with E-state index >= 15 is 0 Å². The van der Waals surface area contributed by atoms with Crippen LogP contribution in [0.25, 0.3) is 0 Å². The average Bonchev–Trinajstić information content (AvgIpc) is 2.86. The standard InChI is InChI=1S/C19H24Cl2N4O4S/c1-12-18(14(3)29-23-12)30(27,28)25-6-4-5-24(7-8-25)13(2)19(26)22-17-10-15(20)9-16(21)11-17/h9-11,13H,4-8H2,1-3H3,(H,22,26). The minimum atomic E-state index is -3.71. The molecular weight excluding hydrogens is 451 g/mol. The Hall–Kier alpha value is -1.65.